The number of rotatable bonds is 4. The summed E-state index contributed by atoms with van der Waals surface area (Å²) in [6.07, 6.45) is 3.42. The van der Waals surface area contributed by atoms with Gasteiger partial charge in [0.1, 0.15) is 18.1 Å². The number of carbonyl (C=O) groups is 1. The van der Waals surface area contributed by atoms with E-state index >= 15 is 0 Å². The van der Waals surface area contributed by atoms with Crippen LogP contribution in [0.3, 0.4) is 0 Å². The number of hydrogen-bond donors (Lipinski definition) is 1. The Hall–Kier alpha value is -1.89. The first kappa shape index (κ1) is 15.5. The minimum atomic E-state index is -0.927. The summed E-state index contributed by atoms with van der Waals surface area (Å²) in [6.45, 7) is 2.57. The predicted octanol–water partition coefficient (Wildman–Crippen LogP) is 2.72. The third-order valence-electron chi connectivity index (χ3n) is 3.86. The molecule has 1 fully saturated rings. The number of pyridine rings is 1. The van der Waals surface area contributed by atoms with Crippen LogP contribution in [0.1, 0.15) is 26.2 Å². The number of nitro groups is 1. The van der Waals surface area contributed by atoms with Gasteiger partial charge in [-0.25, -0.2) is 9.78 Å². The van der Waals surface area contributed by atoms with Crippen molar-refractivity contribution >= 4 is 29.1 Å². The standard InChI is InChI=1S/C13H16ClN3O4/c1-2-8-3-4-16(11(5-8)13(18)19)12-10(14)6-9(7-15-12)17(20)21/h6-8,11H,2-5H2,1H3,(H,18,19). The summed E-state index contributed by atoms with van der Waals surface area (Å²) in [7, 11) is 0. The molecule has 0 radical (unpaired) electrons. The molecule has 1 aromatic heterocycles. The lowest BCUT2D eigenvalue weighted by molar-refractivity contribution is -0.385. The quantitative estimate of drug-likeness (QED) is 0.678. The lowest BCUT2D eigenvalue weighted by Gasteiger charge is -2.38. The number of halogens is 1. The van der Waals surface area contributed by atoms with Gasteiger partial charge in [0, 0.05) is 12.6 Å². The lowest BCUT2D eigenvalue weighted by atomic mass is 9.89. The zero-order valence-corrected chi connectivity index (χ0v) is 12.3. The van der Waals surface area contributed by atoms with Crippen molar-refractivity contribution in [1.82, 2.24) is 4.98 Å². The van der Waals surface area contributed by atoms with Gasteiger partial charge in [0.25, 0.3) is 5.69 Å². The monoisotopic (exact) mass is 313 g/mol. The smallest absolute Gasteiger partial charge is 0.326 e. The van der Waals surface area contributed by atoms with Crippen LogP contribution in [0.2, 0.25) is 5.02 Å². The van der Waals surface area contributed by atoms with Gasteiger partial charge in [0.2, 0.25) is 0 Å². The highest BCUT2D eigenvalue weighted by molar-refractivity contribution is 6.33. The maximum atomic E-state index is 11.5. The highest BCUT2D eigenvalue weighted by atomic mass is 35.5. The van der Waals surface area contributed by atoms with Gasteiger partial charge in [-0.15, -0.1) is 0 Å². The van der Waals surface area contributed by atoms with Crippen LogP contribution in [0.4, 0.5) is 11.5 Å². The fourth-order valence-electron chi connectivity index (χ4n) is 2.63. The third-order valence-corrected chi connectivity index (χ3v) is 4.14. The molecule has 8 heteroatoms. The molecule has 0 aliphatic carbocycles. The molecule has 114 valence electrons. The topological polar surface area (TPSA) is 96.6 Å². The molecule has 0 bridgehead atoms. The summed E-state index contributed by atoms with van der Waals surface area (Å²) in [5, 5.41) is 20.2. The van der Waals surface area contributed by atoms with E-state index in [9.17, 15) is 20.0 Å². The van der Waals surface area contributed by atoms with E-state index in [0.29, 0.717) is 24.7 Å². The Bertz CT molecular complexity index is 566. The molecule has 1 aromatic rings. The van der Waals surface area contributed by atoms with Gasteiger partial charge in [0.15, 0.2) is 0 Å². The molecule has 2 atom stereocenters. The summed E-state index contributed by atoms with van der Waals surface area (Å²) in [4.78, 5) is 27.2. The van der Waals surface area contributed by atoms with Gasteiger partial charge >= 0.3 is 5.97 Å². The van der Waals surface area contributed by atoms with Crippen LogP contribution < -0.4 is 4.90 Å². The van der Waals surface area contributed by atoms with Crippen LogP contribution in [-0.2, 0) is 4.79 Å². The van der Waals surface area contributed by atoms with Crippen LogP contribution in [0.5, 0.6) is 0 Å². The fourth-order valence-corrected chi connectivity index (χ4v) is 2.90. The van der Waals surface area contributed by atoms with E-state index in [1.807, 2.05) is 6.92 Å². The molecular weight excluding hydrogens is 298 g/mol. The minimum absolute atomic E-state index is 0.102. The zero-order chi connectivity index (χ0) is 15.6. The zero-order valence-electron chi connectivity index (χ0n) is 11.5. The number of carboxylic acids is 1. The number of carboxylic acid groups (broad SMARTS) is 1. The van der Waals surface area contributed by atoms with E-state index in [4.69, 9.17) is 11.6 Å². The summed E-state index contributed by atoms with van der Waals surface area (Å²) < 4.78 is 0. The Balaban J connectivity index is 2.31. The summed E-state index contributed by atoms with van der Waals surface area (Å²) >= 11 is 6.05. The van der Waals surface area contributed by atoms with Crippen LogP contribution in [0.25, 0.3) is 0 Å². The number of nitrogens with zero attached hydrogens (tertiary/aromatic N) is 3. The van der Waals surface area contributed by atoms with Crippen molar-refractivity contribution in [2.24, 2.45) is 5.92 Å². The van der Waals surface area contributed by atoms with E-state index in [2.05, 4.69) is 4.98 Å². The number of anilines is 1. The molecular formula is C13H16ClN3O4. The van der Waals surface area contributed by atoms with Gasteiger partial charge in [0.05, 0.1) is 9.95 Å². The molecule has 21 heavy (non-hydrogen) atoms. The first-order valence-electron chi connectivity index (χ1n) is 6.73. The Morgan fingerprint density at radius 2 is 2.38 bits per heavy atom. The van der Waals surface area contributed by atoms with Crippen LogP contribution in [-0.4, -0.2) is 33.6 Å². The average Bonchev–Trinajstić information content (AvgIpc) is 2.46. The van der Waals surface area contributed by atoms with E-state index < -0.39 is 16.9 Å². The SMILES string of the molecule is CCC1CCN(c2ncc([N+](=O)[O-])cc2Cl)C(C(=O)O)C1. The molecule has 2 rings (SSSR count). The Labute approximate surface area is 126 Å². The van der Waals surface area contributed by atoms with Crippen LogP contribution in [0.15, 0.2) is 12.3 Å². The van der Waals surface area contributed by atoms with E-state index in [0.717, 1.165) is 19.0 Å². The van der Waals surface area contributed by atoms with E-state index in [1.54, 1.807) is 4.90 Å². The Morgan fingerprint density at radius 3 is 2.90 bits per heavy atom. The number of hydrogen-bond acceptors (Lipinski definition) is 5. The van der Waals surface area contributed by atoms with Crippen molar-refractivity contribution in [3.05, 3.63) is 27.4 Å². The molecule has 1 N–H and O–H groups in total. The molecule has 0 aromatic carbocycles. The van der Waals surface area contributed by atoms with Gasteiger partial charge in [-0.3, -0.25) is 10.1 Å². The second-order valence-corrected chi connectivity index (χ2v) is 5.51. The summed E-state index contributed by atoms with van der Waals surface area (Å²) in [6, 6.07) is 0.504. The molecule has 0 amide bonds. The molecule has 0 saturated carbocycles. The number of aromatic nitrogens is 1. The van der Waals surface area contributed by atoms with Crippen molar-refractivity contribution in [3.63, 3.8) is 0 Å². The van der Waals surface area contributed by atoms with Crippen molar-refractivity contribution in [2.75, 3.05) is 11.4 Å². The first-order valence-corrected chi connectivity index (χ1v) is 7.11. The normalized spacial score (nSPS) is 22.1. The van der Waals surface area contributed by atoms with E-state index in [1.165, 1.54) is 6.07 Å². The minimum Gasteiger partial charge on any atom is -0.480 e. The highest BCUT2D eigenvalue weighted by Crippen LogP contribution is 2.34. The van der Waals surface area contributed by atoms with Crippen molar-refractivity contribution in [3.8, 4) is 0 Å². The van der Waals surface area contributed by atoms with Crippen molar-refractivity contribution in [2.45, 2.75) is 32.2 Å². The number of piperidine rings is 1. The predicted molar refractivity (Wildman–Crippen MR) is 77.7 cm³/mol. The highest BCUT2D eigenvalue weighted by Gasteiger charge is 2.34. The Morgan fingerprint density at radius 1 is 1.67 bits per heavy atom. The van der Waals surface area contributed by atoms with Crippen LogP contribution >= 0.6 is 11.6 Å². The van der Waals surface area contributed by atoms with Gasteiger partial charge in [-0.2, -0.15) is 0 Å². The third kappa shape index (κ3) is 3.24. The van der Waals surface area contributed by atoms with Gasteiger partial charge < -0.3 is 10.0 Å². The van der Waals surface area contributed by atoms with Crippen molar-refractivity contribution < 1.29 is 14.8 Å². The molecule has 1 aliphatic rings. The lowest BCUT2D eigenvalue weighted by Crippen LogP contribution is -2.47. The van der Waals surface area contributed by atoms with Gasteiger partial charge in [-0.1, -0.05) is 24.9 Å². The molecule has 0 spiro atoms. The van der Waals surface area contributed by atoms with Crippen LogP contribution in [0, 0.1) is 16.0 Å². The molecule has 1 saturated heterocycles. The maximum absolute atomic E-state index is 11.5. The molecule has 2 unspecified atom stereocenters. The second-order valence-electron chi connectivity index (χ2n) is 5.10. The second kappa shape index (κ2) is 6.26. The molecule has 1 aliphatic heterocycles. The molecule has 2 heterocycles. The largest absolute Gasteiger partial charge is 0.480 e. The summed E-state index contributed by atoms with van der Waals surface area (Å²) in [5.41, 5.74) is -0.209. The van der Waals surface area contributed by atoms with Crippen molar-refractivity contribution in [1.29, 1.82) is 0 Å². The fraction of sp³-hybridized carbons (Fsp3) is 0.538. The molecule has 7 nitrogen and oxygen atoms in total. The Kier molecular flexibility index (Phi) is 4.62. The first-order chi connectivity index (χ1) is 9.93. The van der Waals surface area contributed by atoms with E-state index in [-0.39, 0.29) is 10.7 Å². The average molecular weight is 314 g/mol. The number of aliphatic carboxylic acids is 1. The van der Waals surface area contributed by atoms with Gasteiger partial charge in [-0.05, 0) is 18.8 Å². The maximum Gasteiger partial charge on any atom is 0.326 e. The summed E-state index contributed by atoms with van der Waals surface area (Å²) in [5.74, 6) is -0.271.